The summed E-state index contributed by atoms with van der Waals surface area (Å²) >= 11 is 3.91. The zero-order valence-electron chi connectivity index (χ0n) is 7.68. The molecule has 0 unspecified atom stereocenters. The smallest absolute Gasteiger partial charge is 0.0644 e. The molecule has 14 heavy (non-hydrogen) atoms. The van der Waals surface area contributed by atoms with Crippen LogP contribution in [0.1, 0.15) is 6.42 Å². The van der Waals surface area contributed by atoms with E-state index >= 15 is 0 Å². The average molecular weight is 254 g/mol. The maximum Gasteiger partial charge on any atom is 0.0644 e. The van der Waals surface area contributed by atoms with Crippen molar-refractivity contribution in [3.8, 4) is 0 Å². The lowest BCUT2D eigenvalue weighted by atomic mass is 9.71. The van der Waals surface area contributed by atoms with E-state index in [1.807, 2.05) is 0 Å². The quantitative estimate of drug-likeness (QED) is 0.400. The first-order chi connectivity index (χ1) is 6.84. The maximum atomic E-state index is 9.14. The molecule has 6 fully saturated rings. The summed E-state index contributed by atoms with van der Waals surface area (Å²) in [5.74, 6) is 6.84. The topological polar surface area (TPSA) is 32.6 Å². The van der Waals surface area contributed by atoms with Gasteiger partial charge in [0, 0.05) is 16.7 Å². The van der Waals surface area contributed by atoms with Crippen LogP contribution in [0.3, 0.4) is 0 Å². The van der Waals surface area contributed by atoms with Crippen LogP contribution in [0.2, 0.25) is 0 Å². The minimum absolute atomic E-state index is 0.674. The van der Waals surface area contributed by atoms with Crippen LogP contribution in [0.4, 0.5) is 0 Å². The molecule has 2 nitrogen and oxygen atoms in total. The Hall–Kier alpha value is -0.0500. The maximum absolute atomic E-state index is 9.14. The fourth-order valence-electron chi connectivity index (χ4n) is 6.36. The van der Waals surface area contributed by atoms with Gasteiger partial charge >= 0.3 is 0 Å². The lowest BCUT2D eigenvalue weighted by molar-refractivity contribution is 0.132. The van der Waals surface area contributed by atoms with Gasteiger partial charge in [0.1, 0.15) is 0 Å². The van der Waals surface area contributed by atoms with Crippen molar-refractivity contribution in [1.29, 1.82) is 0 Å². The third kappa shape index (κ3) is 0.427. The molecule has 6 aliphatic rings. The molecule has 0 aliphatic heterocycles. The van der Waals surface area contributed by atoms with Crippen LogP contribution >= 0.6 is 15.9 Å². The highest BCUT2D eigenvalue weighted by atomic mass is 79.9. The Bertz CT molecular complexity index is 379. The van der Waals surface area contributed by atoms with E-state index in [0.29, 0.717) is 11.8 Å². The number of nitrogens with zero attached hydrogens (tertiary/aromatic N) is 1. The van der Waals surface area contributed by atoms with Crippen LogP contribution in [0.5, 0.6) is 0 Å². The summed E-state index contributed by atoms with van der Waals surface area (Å²) in [6.07, 6.45) is 1.44. The monoisotopic (exact) mass is 253 g/mol. The third-order valence-electron chi connectivity index (χ3n) is 6.16. The molecule has 6 bridgehead atoms. The van der Waals surface area contributed by atoms with E-state index in [1.54, 1.807) is 0 Å². The predicted molar refractivity (Wildman–Crippen MR) is 54.5 cm³/mol. The molecule has 6 rings (SSSR count). The van der Waals surface area contributed by atoms with Crippen LogP contribution in [-0.4, -0.2) is 15.7 Å². The Morgan fingerprint density at radius 3 is 2.57 bits per heavy atom. The highest BCUT2D eigenvalue weighted by molar-refractivity contribution is 9.09. The SMILES string of the molecule is O/N=C1/[C@H]2[C@H]3[C@H]4C[C@@H]5[C@@H]3[C@@H](Br)[C@@H]2[C@@H]5[C@@H]14. The van der Waals surface area contributed by atoms with Crippen molar-refractivity contribution in [3.63, 3.8) is 0 Å². The first-order valence-electron chi connectivity index (χ1n) is 5.70. The lowest BCUT2D eigenvalue weighted by Crippen LogP contribution is -2.30. The number of hydrogen-bond acceptors (Lipinski definition) is 2. The molecule has 3 heteroatoms. The van der Waals surface area contributed by atoms with Gasteiger partial charge < -0.3 is 5.21 Å². The minimum atomic E-state index is 0.674. The molecule has 0 heterocycles. The number of oxime groups is 1. The summed E-state index contributed by atoms with van der Waals surface area (Å²) in [6, 6.07) is 0. The van der Waals surface area contributed by atoms with Crippen molar-refractivity contribution < 1.29 is 5.21 Å². The molecular formula is C11H12BrNO. The van der Waals surface area contributed by atoms with Crippen molar-refractivity contribution >= 4 is 21.6 Å². The van der Waals surface area contributed by atoms with Gasteiger partial charge in [-0.1, -0.05) is 21.1 Å². The number of hydrogen-bond donors (Lipinski definition) is 1. The summed E-state index contributed by atoms with van der Waals surface area (Å²) in [6.45, 7) is 0. The number of rotatable bonds is 0. The average Bonchev–Trinajstić information content (AvgIpc) is 2.85. The van der Waals surface area contributed by atoms with Gasteiger partial charge in [0.05, 0.1) is 5.71 Å². The Balaban J connectivity index is 1.85. The molecule has 0 aromatic carbocycles. The van der Waals surface area contributed by atoms with Crippen molar-refractivity contribution in [2.75, 3.05) is 0 Å². The van der Waals surface area contributed by atoms with Crippen LogP contribution in [0.25, 0.3) is 0 Å². The first kappa shape index (κ1) is 7.26. The molecular weight excluding hydrogens is 242 g/mol. The molecule has 74 valence electrons. The standard InChI is InChI=1S/C11H12BrNO/c12-10-6-2-1-3-4(6)9-8(10)5(2)7(3)11(9)13-14/h2-10,14H,1H2/b13-11+/t2-,3+,4-,5-,6-,7-,8+,9-,10+/m0/s1. The minimum Gasteiger partial charge on any atom is -0.411 e. The molecule has 6 saturated carbocycles. The van der Waals surface area contributed by atoms with Gasteiger partial charge in [-0.2, -0.15) is 0 Å². The normalized spacial score (nSPS) is 77.8. The van der Waals surface area contributed by atoms with Crippen LogP contribution in [0, 0.1) is 47.3 Å². The Labute approximate surface area is 90.9 Å². The first-order valence-corrected chi connectivity index (χ1v) is 6.62. The van der Waals surface area contributed by atoms with Gasteiger partial charge in [0.25, 0.3) is 0 Å². The van der Waals surface area contributed by atoms with Gasteiger partial charge in [-0.15, -0.1) is 0 Å². The fourth-order valence-corrected chi connectivity index (χ4v) is 7.79. The van der Waals surface area contributed by atoms with Gasteiger partial charge in [-0.05, 0) is 41.9 Å². The molecule has 0 saturated heterocycles. The van der Waals surface area contributed by atoms with E-state index in [9.17, 15) is 0 Å². The Morgan fingerprint density at radius 2 is 1.86 bits per heavy atom. The molecule has 6 aliphatic carbocycles. The van der Waals surface area contributed by atoms with E-state index in [0.717, 1.165) is 40.3 Å². The van der Waals surface area contributed by atoms with Crippen LogP contribution < -0.4 is 0 Å². The third-order valence-corrected chi connectivity index (χ3v) is 7.38. The summed E-state index contributed by atoms with van der Waals surface area (Å²) in [5.41, 5.74) is 1.20. The Kier molecular flexibility index (Phi) is 0.940. The van der Waals surface area contributed by atoms with E-state index in [2.05, 4.69) is 21.1 Å². The van der Waals surface area contributed by atoms with Crippen molar-refractivity contribution in [1.82, 2.24) is 0 Å². The predicted octanol–water partition coefficient (Wildman–Crippen LogP) is 1.97. The summed E-state index contributed by atoms with van der Waals surface area (Å²) in [4.78, 5) is 0.752. The zero-order valence-corrected chi connectivity index (χ0v) is 9.26. The second-order valence-corrected chi connectivity index (χ2v) is 6.95. The largest absolute Gasteiger partial charge is 0.411 e. The van der Waals surface area contributed by atoms with E-state index in [-0.39, 0.29) is 0 Å². The molecule has 0 spiro atoms. The molecule has 9 atom stereocenters. The van der Waals surface area contributed by atoms with Crippen molar-refractivity contribution in [2.24, 2.45) is 52.5 Å². The van der Waals surface area contributed by atoms with Gasteiger partial charge in [0.2, 0.25) is 0 Å². The molecule has 0 aromatic rings. The summed E-state index contributed by atoms with van der Waals surface area (Å²) in [7, 11) is 0. The van der Waals surface area contributed by atoms with E-state index < -0.39 is 0 Å². The van der Waals surface area contributed by atoms with E-state index in [1.165, 1.54) is 12.1 Å². The van der Waals surface area contributed by atoms with Gasteiger partial charge in [-0.25, -0.2) is 0 Å². The highest BCUT2D eigenvalue weighted by Gasteiger charge is 2.82. The molecule has 0 aromatic heterocycles. The summed E-state index contributed by atoms with van der Waals surface area (Å²) < 4.78 is 0. The summed E-state index contributed by atoms with van der Waals surface area (Å²) in [5, 5.41) is 12.8. The second kappa shape index (κ2) is 1.81. The molecule has 0 radical (unpaired) electrons. The highest BCUT2D eigenvalue weighted by Crippen LogP contribution is 2.82. The molecule has 1 N–H and O–H groups in total. The van der Waals surface area contributed by atoms with Crippen LogP contribution in [-0.2, 0) is 0 Å². The van der Waals surface area contributed by atoms with Gasteiger partial charge in [-0.3, -0.25) is 0 Å². The fraction of sp³-hybridized carbons (Fsp3) is 0.909. The number of alkyl halides is 1. The van der Waals surface area contributed by atoms with Gasteiger partial charge in [0.15, 0.2) is 0 Å². The zero-order chi connectivity index (χ0) is 9.19. The Morgan fingerprint density at radius 1 is 1.07 bits per heavy atom. The van der Waals surface area contributed by atoms with Crippen LogP contribution in [0.15, 0.2) is 5.16 Å². The van der Waals surface area contributed by atoms with Crippen molar-refractivity contribution in [3.05, 3.63) is 0 Å². The van der Waals surface area contributed by atoms with Crippen molar-refractivity contribution in [2.45, 2.75) is 11.2 Å². The lowest BCUT2D eigenvalue weighted by Gasteiger charge is -2.32. The van der Waals surface area contributed by atoms with E-state index in [4.69, 9.17) is 5.21 Å². The number of halogens is 1. The second-order valence-electron chi connectivity index (χ2n) is 5.89. The molecule has 0 amide bonds.